The van der Waals surface area contributed by atoms with Gasteiger partial charge in [0, 0.05) is 15.4 Å². The fraction of sp³-hybridized carbons (Fsp3) is 0.402. The van der Waals surface area contributed by atoms with Crippen molar-refractivity contribution < 1.29 is 119 Å². The molecule has 5 saturated heterocycles. The molecule has 0 saturated carbocycles. The highest BCUT2D eigenvalue weighted by Gasteiger charge is 2.61. The van der Waals surface area contributed by atoms with Crippen LogP contribution >= 0.6 is 0 Å². The van der Waals surface area contributed by atoms with Gasteiger partial charge in [0.05, 0.1) is 91.9 Å². The largest absolute Gasteiger partial charge is 0.497 e. The van der Waals surface area contributed by atoms with Crippen molar-refractivity contribution >= 4 is 23.9 Å². The molecule has 5 aliphatic heterocycles. The zero-order chi connectivity index (χ0) is 82.3. The van der Waals surface area contributed by atoms with Crippen LogP contribution in [0.3, 0.4) is 0 Å². The molecule has 0 bridgehead atoms. The van der Waals surface area contributed by atoms with Crippen molar-refractivity contribution in [2.45, 2.75) is 182 Å². The van der Waals surface area contributed by atoms with E-state index in [1.165, 1.54) is 19.2 Å². The zero-order valence-electron chi connectivity index (χ0n) is 65.5. The van der Waals surface area contributed by atoms with Crippen LogP contribution in [-0.4, -0.2) is 194 Å². The molecule has 118 heavy (non-hydrogen) atoms. The topological polar surface area (TPSA) is 360 Å². The standard InChI is InChI=1S/C87H92N6O25/c1-52(2)108-86-77(111-79(94)58-33-21-11-22-34-58)71(105-48-55-29-17-9-18-30-55)73(75(117-86)81(96)100-5)115-84-65(90-92-88)69(103-46-53-25-13-7-14-26-53)67(63(109-84)50-102-45-57-37-41-61(98-3)42-38-57)114-87-78(112-80(95)59-35-23-12-24-36-59)72(106-49-56-31-19-10-20-32-56)74(76(118-87)82(97)101-6)116-85-66(91-93-89)70(104-47-54-27-15-8-16-28-54)68-64(110-85)51-107-83(113-68)60-39-43-62(99-4)44-40-60/h7-44,52,63-78,83-87H,45-51H2,1-6H3/t63-,64-,65-,66-,67-,68-,69-,70-,71+,72+,73+,74+,75-,76-,77-,78-,83-,84-,85-,86-,87-/m1/s1. The number of carbonyl (C=O) groups excluding carboxylic acids is 4. The molecule has 8 aromatic carbocycles. The highest BCUT2D eigenvalue weighted by Crippen LogP contribution is 2.43. The molecule has 0 unspecified atom stereocenters. The number of hydrogen-bond donors (Lipinski definition) is 0. The minimum absolute atomic E-state index is 0.0252. The van der Waals surface area contributed by atoms with Crippen LogP contribution in [0.15, 0.2) is 241 Å². The summed E-state index contributed by atoms with van der Waals surface area (Å²) in [6.45, 7) is 2.06. The van der Waals surface area contributed by atoms with Gasteiger partial charge in [-0.3, -0.25) is 0 Å². The maximum Gasteiger partial charge on any atom is 0.338 e. The van der Waals surface area contributed by atoms with E-state index >= 15 is 9.59 Å². The molecule has 0 amide bonds. The Bertz CT molecular complexity index is 4590. The van der Waals surface area contributed by atoms with Crippen LogP contribution in [0, 0.1) is 0 Å². The number of esters is 4. The first-order chi connectivity index (χ1) is 57.7. The van der Waals surface area contributed by atoms with Gasteiger partial charge in [0.2, 0.25) is 0 Å². The van der Waals surface area contributed by atoms with Gasteiger partial charge in [-0.25, -0.2) is 19.2 Å². The van der Waals surface area contributed by atoms with E-state index < -0.39 is 166 Å². The molecule has 5 aliphatic rings. The Morgan fingerprint density at radius 3 is 1.26 bits per heavy atom. The number of carbonyl (C=O) groups is 4. The number of methoxy groups -OCH3 is 4. The summed E-state index contributed by atoms with van der Waals surface area (Å²) in [4.78, 5) is 66.4. The molecular weight excluding hydrogens is 1530 g/mol. The van der Waals surface area contributed by atoms with E-state index in [9.17, 15) is 20.7 Å². The zero-order valence-corrected chi connectivity index (χ0v) is 65.5. The van der Waals surface area contributed by atoms with Gasteiger partial charge < -0.3 is 99.5 Å². The third-order valence-corrected chi connectivity index (χ3v) is 20.2. The Balaban J connectivity index is 0.932. The summed E-state index contributed by atoms with van der Waals surface area (Å²) in [6, 6.07) is 63.3. The second-order valence-electron chi connectivity index (χ2n) is 28.3. The van der Waals surface area contributed by atoms with Crippen LogP contribution in [-0.2, 0) is 133 Å². The van der Waals surface area contributed by atoms with E-state index in [0.29, 0.717) is 39.3 Å². The normalized spacial score (nSPS) is 28.0. The van der Waals surface area contributed by atoms with Crippen LogP contribution in [0.4, 0.5) is 0 Å². The molecule has 0 aliphatic carbocycles. The molecular formula is C87H92N6O25. The number of hydrogen-bond acceptors (Lipinski definition) is 27. The third-order valence-electron chi connectivity index (χ3n) is 20.2. The molecule has 0 radical (unpaired) electrons. The number of azide groups is 2. The maximum absolute atomic E-state index is 15.3. The molecule has 8 aromatic rings. The van der Waals surface area contributed by atoms with Gasteiger partial charge in [-0.15, -0.1) is 0 Å². The monoisotopic (exact) mass is 1620 g/mol. The Labute approximate surface area is 680 Å². The van der Waals surface area contributed by atoms with Gasteiger partial charge >= 0.3 is 23.9 Å². The smallest absolute Gasteiger partial charge is 0.338 e. The Hall–Kier alpha value is -10.7. The van der Waals surface area contributed by atoms with Crippen LogP contribution in [0.5, 0.6) is 11.5 Å². The van der Waals surface area contributed by atoms with Crippen LogP contribution in [0.1, 0.15) is 74.2 Å². The van der Waals surface area contributed by atoms with E-state index in [4.69, 9.17) is 99.5 Å². The summed E-state index contributed by atoms with van der Waals surface area (Å²) in [5.74, 6) is -2.69. The molecule has 5 fully saturated rings. The van der Waals surface area contributed by atoms with Crippen LogP contribution in [0.2, 0.25) is 0 Å². The van der Waals surface area contributed by atoms with E-state index in [0.717, 1.165) is 19.8 Å². The molecule has 31 heteroatoms. The van der Waals surface area contributed by atoms with Gasteiger partial charge in [0.25, 0.3) is 0 Å². The lowest BCUT2D eigenvalue weighted by molar-refractivity contribution is -0.384. The second kappa shape index (κ2) is 42.1. The second-order valence-corrected chi connectivity index (χ2v) is 28.3. The first-order valence-electron chi connectivity index (χ1n) is 38.4. The number of benzene rings is 8. The Morgan fingerprint density at radius 2 is 0.814 bits per heavy atom. The van der Waals surface area contributed by atoms with Crippen LogP contribution in [0.25, 0.3) is 20.9 Å². The maximum atomic E-state index is 15.3. The fourth-order valence-corrected chi connectivity index (χ4v) is 14.4. The SMILES string of the molecule is COC(=O)[C@@H]1O[C@@H](OC(C)C)[C@H](OC(=O)c2ccccc2)[C@@H](OCc2ccccc2)[C@@H]1O[C@H]1O[C@H](COCc2ccc(OC)cc2)[C@@H](O[C@@H]2O[C@@H](C(=O)OC)[C@@H](O[C@H]3O[C@@H]4CO[C@@H](c5ccc(OC)cc5)O[C@H]4[C@H](OCc4ccccc4)[C@H]3N=[N+]=[N-])[C@H](OCc3ccccc3)[C@H]2OC(=O)c2ccccc2)[C@H](OCc2ccccc2)[C@H]1N=[N+]=[N-]. The molecule has 0 aromatic heterocycles. The van der Waals surface area contributed by atoms with Gasteiger partial charge in [-0.1, -0.05) is 192 Å². The van der Waals surface area contributed by atoms with E-state index in [2.05, 4.69) is 20.1 Å². The molecule has 0 spiro atoms. The highest BCUT2D eigenvalue weighted by atomic mass is 16.8. The van der Waals surface area contributed by atoms with Crippen molar-refractivity contribution in [1.29, 1.82) is 0 Å². The molecule has 5 heterocycles. The minimum Gasteiger partial charge on any atom is -0.497 e. The summed E-state index contributed by atoms with van der Waals surface area (Å²) in [7, 11) is 5.34. The number of fused-ring (bicyclic) bond motifs is 1. The first-order valence-corrected chi connectivity index (χ1v) is 38.4. The molecule has 620 valence electrons. The van der Waals surface area contributed by atoms with Crippen molar-refractivity contribution in [3.63, 3.8) is 0 Å². The molecule has 13 rings (SSSR count). The number of ether oxygens (including phenoxy) is 21. The van der Waals surface area contributed by atoms with E-state index in [1.807, 2.05) is 36.4 Å². The summed E-state index contributed by atoms with van der Waals surface area (Å²) in [6.07, 6.45) is -30.7. The van der Waals surface area contributed by atoms with Crippen molar-refractivity contribution in [2.24, 2.45) is 10.2 Å². The first kappa shape index (κ1) is 85.2. The quantitative estimate of drug-likeness (QED) is 0.0117. The molecule has 0 N–H and O–H groups in total. The lowest BCUT2D eigenvalue weighted by Gasteiger charge is -2.52. The third kappa shape index (κ3) is 21.6. The lowest BCUT2D eigenvalue weighted by Crippen LogP contribution is -2.69. The molecule has 21 atom stereocenters. The summed E-state index contributed by atoms with van der Waals surface area (Å²) in [5.41, 5.74) is 25.8. The lowest BCUT2D eigenvalue weighted by atomic mass is 9.93. The average molecular weight is 1620 g/mol. The predicted molar refractivity (Wildman–Crippen MR) is 416 cm³/mol. The Kier molecular flexibility index (Phi) is 30.4. The van der Waals surface area contributed by atoms with Gasteiger partial charge in [-0.2, -0.15) is 0 Å². The average Bonchev–Trinajstić information content (AvgIpc) is 0.754. The summed E-state index contributed by atoms with van der Waals surface area (Å²) >= 11 is 0. The molecule has 31 nitrogen and oxygen atoms in total. The van der Waals surface area contributed by atoms with Gasteiger partial charge in [-0.05, 0) is 101 Å². The minimum atomic E-state index is -2.02. The van der Waals surface area contributed by atoms with Crippen molar-refractivity contribution in [3.05, 3.63) is 296 Å². The Morgan fingerprint density at radius 1 is 0.415 bits per heavy atom. The van der Waals surface area contributed by atoms with Crippen LogP contribution < -0.4 is 9.47 Å². The predicted octanol–water partition coefficient (Wildman–Crippen LogP) is 12.3. The van der Waals surface area contributed by atoms with Gasteiger partial charge in [0.1, 0.15) is 84.6 Å². The summed E-state index contributed by atoms with van der Waals surface area (Å²) in [5, 5.41) is 8.69. The highest BCUT2D eigenvalue weighted by molar-refractivity contribution is 5.90. The number of rotatable bonds is 35. The van der Waals surface area contributed by atoms with E-state index in [-0.39, 0.29) is 50.8 Å². The van der Waals surface area contributed by atoms with Crippen molar-refractivity contribution in [2.75, 3.05) is 41.7 Å². The fourth-order valence-electron chi connectivity index (χ4n) is 14.4. The summed E-state index contributed by atoms with van der Waals surface area (Å²) < 4.78 is 138. The van der Waals surface area contributed by atoms with Crippen molar-refractivity contribution in [3.8, 4) is 11.5 Å². The van der Waals surface area contributed by atoms with Crippen molar-refractivity contribution in [1.82, 2.24) is 0 Å². The van der Waals surface area contributed by atoms with E-state index in [1.54, 1.807) is 203 Å². The number of nitrogens with zero attached hydrogens (tertiary/aromatic N) is 6. The van der Waals surface area contributed by atoms with Gasteiger partial charge in [0.15, 0.2) is 55.9 Å².